The molecule has 0 atom stereocenters. The molecule has 0 saturated heterocycles. The van der Waals surface area contributed by atoms with E-state index in [0.29, 0.717) is 5.69 Å². The summed E-state index contributed by atoms with van der Waals surface area (Å²) in [5.74, 6) is 0. The fraction of sp³-hybridized carbons (Fsp3) is 0.125. The third-order valence-electron chi connectivity index (χ3n) is 1.65. The Balaban J connectivity index is 2.33. The number of alkyl halides is 3. The Morgan fingerprint density at radius 1 is 1.12 bits per heavy atom. The molecule has 1 heterocycles. The molecule has 0 N–H and O–H groups in total. The van der Waals surface area contributed by atoms with Crippen LogP contribution < -0.4 is 4.74 Å². The molecule has 16 heavy (non-hydrogen) atoms. The molecule has 0 aliphatic heterocycles. The van der Waals surface area contributed by atoms with Gasteiger partial charge in [-0.25, -0.2) is 0 Å². The van der Waals surface area contributed by atoms with E-state index in [9.17, 15) is 13.2 Å². The Kier molecular flexibility index (Phi) is 2.47. The molecule has 2 rings (SSSR count). The van der Waals surface area contributed by atoms with Crippen LogP contribution in [0.4, 0.5) is 13.2 Å². The van der Waals surface area contributed by atoms with Gasteiger partial charge in [0, 0.05) is 0 Å². The molecule has 0 bridgehead atoms. The molecule has 0 saturated carbocycles. The molecule has 0 amide bonds. The number of para-hydroxylation sites is 1. The van der Waals surface area contributed by atoms with E-state index in [-0.39, 0.29) is 0 Å². The van der Waals surface area contributed by atoms with Crippen molar-refractivity contribution in [2.75, 3.05) is 0 Å². The van der Waals surface area contributed by atoms with E-state index in [0.717, 1.165) is 4.68 Å². The molecular formula is C8H5F3N4O. The molecule has 1 aromatic heterocycles. The standard InChI is InChI=1S/C8H5F3N4O/c9-8(10,11)16-7-12-13-14-15(7)6-4-2-1-3-5-6/h1-5H. The Labute approximate surface area is 87.4 Å². The van der Waals surface area contributed by atoms with Gasteiger partial charge in [-0.05, 0) is 22.6 Å². The minimum absolute atomic E-state index is 0.381. The summed E-state index contributed by atoms with van der Waals surface area (Å²) in [6.07, 6.45) is -4.82. The maximum absolute atomic E-state index is 12.0. The summed E-state index contributed by atoms with van der Waals surface area (Å²) in [4.78, 5) is 0. The first-order chi connectivity index (χ1) is 7.56. The Hall–Kier alpha value is -2.12. The summed E-state index contributed by atoms with van der Waals surface area (Å²) >= 11 is 0. The fourth-order valence-electron chi connectivity index (χ4n) is 1.08. The van der Waals surface area contributed by atoms with E-state index >= 15 is 0 Å². The quantitative estimate of drug-likeness (QED) is 0.785. The van der Waals surface area contributed by atoms with Crippen LogP contribution in [0.3, 0.4) is 0 Å². The van der Waals surface area contributed by atoms with Crippen molar-refractivity contribution in [3.63, 3.8) is 0 Å². The number of ether oxygens (including phenoxy) is 1. The van der Waals surface area contributed by atoms with Gasteiger partial charge in [0.2, 0.25) is 0 Å². The molecule has 0 spiro atoms. The van der Waals surface area contributed by atoms with Crippen molar-refractivity contribution < 1.29 is 17.9 Å². The second kappa shape index (κ2) is 3.80. The monoisotopic (exact) mass is 230 g/mol. The first-order valence-corrected chi connectivity index (χ1v) is 4.16. The van der Waals surface area contributed by atoms with Crippen molar-refractivity contribution in [3.8, 4) is 11.7 Å². The highest BCUT2D eigenvalue weighted by atomic mass is 19.4. The number of benzene rings is 1. The number of aromatic nitrogens is 4. The highest BCUT2D eigenvalue weighted by Crippen LogP contribution is 2.21. The van der Waals surface area contributed by atoms with E-state index in [4.69, 9.17) is 0 Å². The summed E-state index contributed by atoms with van der Waals surface area (Å²) < 4.78 is 40.5. The van der Waals surface area contributed by atoms with Gasteiger partial charge in [0.15, 0.2) is 0 Å². The summed E-state index contributed by atoms with van der Waals surface area (Å²) in [7, 11) is 0. The van der Waals surface area contributed by atoms with Crippen LogP contribution >= 0.6 is 0 Å². The first kappa shape index (κ1) is 10.4. The largest absolute Gasteiger partial charge is 0.575 e. The van der Waals surface area contributed by atoms with Crippen molar-refractivity contribution in [1.82, 2.24) is 20.2 Å². The molecule has 5 nitrogen and oxygen atoms in total. The molecule has 0 fully saturated rings. The van der Waals surface area contributed by atoms with Crippen LogP contribution in [0.25, 0.3) is 5.69 Å². The lowest BCUT2D eigenvalue weighted by Gasteiger charge is -2.07. The Morgan fingerprint density at radius 3 is 2.44 bits per heavy atom. The zero-order valence-electron chi connectivity index (χ0n) is 7.72. The summed E-state index contributed by atoms with van der Waals surface area (Å²) in [5.41, 5.74) is 0.381. The van der Waals surface area contributed by atoms with Crippen molar-refractivity contribution in [2.45, 2.75) is 6.36 Å². The predicted molar refractivity (Wildman–Crippen MR) is 45.8 cm³/mol. The van der Waals surface area contributed by atoms with Gasteiger partial charge in [0.05, 0.1) is 5.69 Å². The minimum atomic E-state index is -4.82. The fourth-order valence-corrected chi connectivity index (χ4v) is 1.08. The van der Waals surface area contributed by atoms with Gasteiger partial charge in [0.1, 0.15) is 0 Å². The van der Waals surface area contributed by atoms with Crippen molar-refractivity contribution >= 4 is 0 Å². The van der Waals surface area contributed by atoms with E-state index < -0.39 is 12.4 Å². The van der Waals surface area contributed by atoms with Gasteiger partial charge in [-0.15, -0.1) is 13.2 Å². The molecule has 8 heteroatoms. The van der Waals surface area contributed by atoms with E-state index in [2.05, 4.69) is 20.3 Å². The van der Waals surface area contributed by atoms with Crippen LogP contribution in [0.1, 0.15) is 0 Å². The molecule has 0 unspecified atom stereocenters. The lowest BCUT2D eigenvalue weighted by Crippen LogP contribution is -2.19. The molecule has 84 valence electrons. The number of rotatable bonds is 2. The number of halogens is 3. The molecule has 2 aromatic rings. The van der Waals surface area contributed by atoms with Gasteiger partial charge in [-0.3, -0.25) is 0 Å². The number of hydrogen-bond donors (Lipinski definition) is 0. The second-order valence-corrected chi connectivity index (χ2v) is 2.76. The number of nitrogens with zero attached hydrogens (tertiary/aromatic N) is 4. The van der Waals surface area contributed by atoms with Crippen molar-refractivity contribution in [1.29, 1.82) is 0 Å². The topological polar surface area (TPSA) is 52.8 Å². The second-order valence-electron chi connectivity index (χ2n) is 2.76. The summed E-state index contributed by atoms with van der Waals surface area (Å²) in [6.45, 7) is 0. The lowest BCUT2D eigenvalue weighted by molar-refractivity contribution is -0.278. The van der Waals surface area contributed by atoms with Gasteiger partial charge < -0.3 is 4.74 Å². The summed E-state index contributed by atoms with van der Waals surface area (Å²) in [6, 6.07) is 7.40. The number of hydrogen-bond acceptors (Lipinski definition) is 4. The molecule has 0 radical (unpaired) electrons. The van der Waals surface area contributed by atoms with Crippen LogP contribution in [0.15, 0.2) is 30.3 Å². The smallest absolute Gasteiger partial charge is 0.369 e. The highest BCUT2D eigenvalue weighted by Gasteiger charge is 2.34. The minimum Gasteiger partial charge on any atom is -0.369 e. The third-order valence-corrected chi connectivity index (χ3v) is 1.65. The Morgan fingerprint density at radius 2 is 1.81 bits per heavy atom. The SMILES string of the molecule is FC(F)(F)Oc1nnnn1-c1ccccc1. The van der Waals surface area contributed by atoms with Gasteiger partial charge >= 0.3 is 12.4 Å². The van der Waals surface area contributed by atoms with Crippen LogP contribution in [-0.2, 0) is 0 Å². The molecular weight excluding hydrogens is 225 g/mol. The number of tetrazole rings is 1. The predicted octanol–water partition coefficient (Wildman–Crippen LogP) is 1.56. The third kappa shape index (κ3) is 2.27. The normalized spacial score (nSPS) is 11.4. The van der Waals surface area contributed by atoms with E-state index in [1.165, 1.54) is 0 Å². The maximum Gasteiger partial charge on any atom is 0.575 e. The zero-order chi connectivity index (χ0) is 11.6. The molecule has 1 aromatic carbocycles. The summed E-state index contributed by atoms with van der Waals surface area (Å²) in [5, 5.41) is 9.66. The maximum atomic E-state index is 12.0. The van der Waals surface area contributed by atoms with Crippen LogP contribution in [0, 0.1) is 0 Å². The van der Waals surface area contributed by atoms with E-state index in [1.54, 1.807) is 30.3 Å². The van der Waals surface area contributed by atoms with E-state index in [1.807, 2.05) is 0 Å². The van der Waals surface area contributed by atoms with Crippen molar-refractivity contribution in [3.05, 3.63) is 30.3 Å². The molecule has 0 aliphatic carbocycles. The van der Waals surface area contributed by atoms with Crippen LogP contribution in [0.5, 0.6) is 6.01 Å². The average molecular weight is 230 g/mol. The van der Waals surface area contributed by atoms with Crippen LogP contribution in [-0.4, -0.2) is 26.6 Å². The van der Waals surface area contributed by atoms with Gasteiger partial charge in [-0.2, -0.15) is 4.68 Å². The Bertz CT molecular complexity index is 468. The highest BCUT2D eigenvalue weighted by molar-refractivity contribution is 5.31. The average Bonchev–Trinajstić information content (AvgIpc) is 2.64. The van der Waals surface area contributed by atoms with Crippen molar-refractivity contribution in [2.24, 2.45) is 0 Å². The zero-order valence-corrected chi connectivity index (χ0v) is 7.72. The van der Waals surface area contributed by atoms with Crippen LogP contribution in [0.2, 0.25) is 0 Å². The molecule has 0 aliphatic rings. The van der Waals surface area contributed by atoms with Gasteiger partial charge in [0.25, 0.3) is 0 Å². The lowest BCUT2D eigenvalue weighted by atomic mass is 10.3. The van der Waals surface area contributed by atoms with Gasteiger partial charge in [-0.1, -0.05) is 23.3 Å². The first-order valence-electron chi connectivity index (χ1n) is 4.16.